The van der Waals surface area contributed by atoms with Crippen LogP contribution in [0.25, 0.3) is 0 Å². The lowest BCUT2D eigenvalue weighted by Crippen LogP contribution is -2.28. The van der Waals surface area contributed by atoms with E-state index in [1.165, 1.54) is 11.1 Å². The van der Waals surface area contributed by atoms with Gasteiger partial charge in [0.05, 0.1) is 0 Å². The van der Waals surface area contributed by atoms with E-state index < -0.39 is 0 Å². The van der Waals surface area contributed by atoms with Crippen molar-refractivity contribution in [1.29, 1.82) is 0 Å². The van der Waals surface area contributed by atoms with Crippen LogP contribution < -0.4 is 5.32 Å². The molecule has 0 atom stereocenters. The predicted octanol–water partition coefficient (Wildman–Crippen LogP) is 3.20. The summed E-state index contributed by atoms with van der Waals surface area (Å²) in [4.78, 5) is 0. The molecule has 0 spiro atoms. The third-order valence-electron chi connectivity index (χ3n) is 2.46. The maximum absolute atomic E-state index is 3.24. The molecule has 1 aromatic carbocycles. The number of hydrogen-bond acceptors (Lipinski definition) is 1. The highest BCUT2D eigenvalue weighted by Crippen LogP contribution is 2.20. The van der Waals surface area contributed by atoms with Gasteiger partial charge in [-0.25, -0.2) is 0 Å². The Morgan fingerprint density at radius 2 is 1.67 bits per heavy atom. The van der Waals surface area contributed by atoms with Crippen LogP contribution in [0.1, 0.15) is 25.0 Å². The maximum atomic E-state index is 3.24. The van der Waals surface area contributed by atoms with Crippen LogP contribution in [0, 0.1) is 12.3 Å². The molecule has 0 heterocycles. The standard InChI is InChI=1S/C13H21N.ClH/c1-11-5-7-12(8-6-11)9-13(2,3)10-14-4;/h5-8,14H,9-10H2,1-4H3;1H. The van der Waals surface area contributed by atoms with Crippen LogP contribution in [0.2, 0.25) is 0 Å². The molecule has 1 N–H and O–H groups in total. The van der Waals surface area contributed by atoms with Crippen molar-refractivity contribution < 1.29 is 0 Å². The summed E-state index contributed by atoms with van der Waals surface area (Å²) in [7, 11) is 2.01. The van der Waals surface area contributed by atoms with Gasteiger partial charge in [0, 0.05) is 6.54 Å². The molecule has 0 bridgehead atoms. The molecule has 0 saturated carbocycles. The quantitative estimate of drug-likeness (QED) is 0.833. The molecule has 0 fully saturated rings. The van der Waals surface area contributed by atoms with Crippen LogP contribution in [0.4, 0.5) is 0 Å². The van der Waals surface area contributed by atoms with Gasteiger partial charge in [-0.05, 0) is 31.4 Å². The van der Waals surface area contributed by atoms with E-state index in [2.05, 4.69) is 50.4 Å². The Kier molecular flexibility index (Phi) is 5.92. The molecule has 0 aliphatic carbocycles. The summed E-state index contributed by atoms with van der Waals surface area (Å²) in [6.07, 6.45) is 1.13. The molecular weight excluding hydrogens is 206 g/mol. The Bertz CT molecular complexity index is 277. The van der Waals surface area contributed by atoms with Gasteiger partial charge >= 0.3 is 0 Å². The lowest BCUT2D eigenvalue weighted by molar-refractivity contribution is 0.350. The molecule has 0 aliphatic heterocycles. The van der Waals surface area contributed by atoms with E-state index in [1.807, 2.05) is 7.05 Å². The van der Waals surface area contributed by atoms with Crippen molar-refractivity contribution in [3.05, 3.63) is 35.4 Å². The minimum atomic E-state index is 0. The molecular formula is C13H22ClN. The van der Waals surface area contributed by atoms with Crippen LogP contribution in [-0.2, 0) is 6.42 Å². The maximum Gasteiger partial charge on any atom is 0.000270 e. The van der Waals surface area contributed by atoms with Crippen molar-refractivity contribution in [2.45, 2.75) is 27.2 Å². The van der Waals surface area contributed by atoms with Gasteiger partial charge in [-0.2, -0.15) is 0 Å². The number of hydrogen-bond donors (Lipinski definition) is 1. The van der Waals surface area contributed by atoms with Crippen LogP contribution in [0.3, 0.4) is 0 Å². The van der Waals surface area contributed by atoms with Crippen LogP contribution in [0.15, 0.2) is 24.3 Å². The number of halogens is 1. The Labute approximate surface area is 99.7 Å². The van der Waals surface area contributed by atoms with Gasteiger partial charge < -0.3 is 5.32 Å². The summed E-state index contributed by atoms with van der Waals surface area (Å²) >= 11 is 0. The molecule has 0 saturated heterocycles. The molecule has 0 aromatic heterocycles. The van der Waals surface area contributed by atoms with Crippen molar-refractivity contribution >= 4 is 12.4 Å². The highest BCUT2D eigenvalue weighted by Gasteiger charge is 2.16. The first-order valence-electron chi connectivity index (χ1n) is 5.24. The van der Waals surface area contributed by atoms with E-state index in [0.717, 1.165) is 13.0 Å². The van der Waals surface area contributed by atoms with E-state index in [-0.39, 0.29) is 12.4 Å². The smallest absolute Gasteiger partial charge is 0.000270 e. The molecule has 0 aliphatic rings. The summed E-state index contributed by atoms with van der Waals surface area (Å²) in [5, 5.41) is 3.24. The van der Waals surface area contributed by atoms with Crippen LogP contribution >= 0.6 is 12.4 Å². The SMILES string of the molecule is CNCC(C)(C)Cc1ccc(C)cc1.Cl. The zero-order valence-electron chi connectivity index (χ0n) is 10.1. The molecule has 1 nitrogen and oxygen atoms in total. The molecule has 86 valence electrons. The first-order valence-corrected chi connectivity index (χ1v) is 5.24. The average molecular weight is 228 g/mol. The van der Waals surface area contributed by atoms with Crippen LogP contribution in [-0.4, -0.2) is 13.6 Å². The first-order chi connectivity index (χ1) is 6.53. The average Bonchev–Trinajstić information content (AvgIpc) is 2.08. The summed E-state index contributed by atoms with van der Waals surface area (Å²) in [6.45, 7) is 7.77. The van der Waals surface area contributed by atoms with Gasteiger partial charge in [-0.15, -0.1) is 12.4 Å². The van der Waals surface area contributed by atoms with E-state index in [4.69, 9.17) is 0 Å². The highest BCUT2D eigenvalue weighted by molar-refractivity contribution is 5.85. The zero-order valence-corrected chi connectivity index (χ0v) is 10.9. The Hall–Kier alpha value is -0.530. The highest BCUT2D eigenvalue weighted by atomic mass is 35.5. The van der Waals surface area contributed by atoms with Crippen molar-refractivity contribution in [2.75, 3.05) is 13.6 Å². The summed E-state index contributed by atoms with van der Waals surface area (Å²) in [5.41, 5.74) is 3.10. The van der Waals surface area contributed by atoms with E-state index in [1.54, 1.807) is 0 Å². The summed E-state index contributed by atoms with van der Waals surface area (Å²) in [6, 6.07) is 8.83. The number of aryl methyl sites for hydroxylation is 1. The summed E-state index contributed by atoms with van der Waals surface area (Å²) in [5.74, 6) is 0. The zero-order chi connectivity index (χ0) is 10.6. The fourth-order valence-electron chi connectivity index (χ4n) is 1.80. The molecule has 0 unspecified atom stereocenters. The fourth-order valence-corrected chi connectivity index (χ4v) is 1.80. The number of nitrogens with one attached hydrogen (secondary N) is 1. The van der Waals surface area contributed by atoms with Crippen molar-refractivity contribution in [3.8, 4) is 0 Å². The van der Waals surface area contributed by atoms with Gasteiger partial charge in [0.25, 0.3) is 0 Å². The minimum absolute atomic E-state index is 0. The van der Waals surface area contributed by atoms with Gasteiger partial charge in [0.2, 0.25) is 0 Å². The molecule has 15 heavy (non-hydrogen) atoms. The van der Waals surface area contributed by atoms with Gasteiger partial charge in [-0.1, -0.05) is 43.7 Å². The first kappa shape index (κ1) is 14.5. The largest absolute Gasteiger partial charge is 0.319 e. The second-order valence-corrected chi connectivity index (χ2v) is 4.86. The molecule has 0 amide bonds. The summed E-state index contributed by atoms with van der Waals surface area (Å²) < 4.78 is 0. The van der Waals surface area contributed by atoms with Gasteiger partial charge in [0.1, 0.15) is 0 Å². The number of rotatable bonds is 4. The molecule has 1 aromatic rings. The third-order valence-corrected chi connectivity index (χ3v) is 2.46. The Morgan fingerprint density at radius 1 is 1.13 bits per heavy atom. The van der Waals surface area contributed by atoms with E-state index in [9.17, 15) is 0 Å². The topological polar surface area (TPSA) is 12.0 Å². The Morgan fingerprint density at radius 3 is 2.13 bits per heavy atom. The van der Waals surface area contributed by atoms with E-state index in [0.29, 0.717) is 5.41 Å². The number of benzene rings is 1. The van der Waals surface area contributed by atoms with E-state index >= 15 is 0 Å². The second-order valence-electron chi connectivity index (χ2n) is 4.86. The van der Waals surface area contributed by atoms with Crippen molar-refractivity contribution in [2.24, 2.45) is 5.41 Å². The fraction of sp³-hybridized carbons (Fsp3) is 0.538. The Balaban J connectivity index is 0.00000196. The molecule has 2 heteroatoms. The lowest BCUT2D eigenvalue weighted by atomic mass is 9.85. The van der Waals surface area contributed by atoms with Gasteiger partial charge in [-0.3, -0.25) is 0 Å². The molecule has 1 rings (SSSR count). The predicted molar refractivity (Wildman–Crippen MR) is 69.8 cm³/mol. The monoisotopic (exact) mass is 227 g/mol. The second kappa shape index (κ2) is 6.14. The molecule has 0 radical (unpaired) electrons. The minimum Gasteiger partial charge on any atom is -0.319 e. The normalized spacial score (nSPS) is 10.9. The third kappa shape index (κ3) is 5.19. The lowest BCUT2D eigenvalue weighted by Gasteiger charge is -2.24. The van der Waals surface area contributed by atoms with Gasteiger partial charge in [0.15, 0.2) is 0 Å². The van der Waals surface area contributed by atoms with Crippen molar-refractivity contribution in [1.82, 2.24) is 5.32 Å². The van der Waals surface area contributed by atoms with Crippen LogP contribution in [0.5, 0.6) is 0 Å². The van der Waals surface area contributed by atoms with Crippen molar-refractivity contribution in [3.63, 3.8) is 0 Å².